The van der Waals surface area contributed by atoms with E-state index in [1.165, 1.54) is 0 Å². The van der Waals surface area contributed by atoms with Crippen molar-refractivity contribution in [3.63, 3.8) is 0 Å². The third-order valence-corrected chi connectivity index (χ3v) is 3.61. The number of hydrogen-bond acceptors (Lipinski definition) is 5. The molecule has 1 saturated carbocycles. The standard InChI is InChI=1S/C13H15FN2O5/c1-21-12-4-2-3-9(12)15-10-5-7(13(17)18)11(16(19)20)6-8(10)14/h5-6,9,12,15H,2-4H2,1H3,(H,17,18). The van der Waals surface area contributed by atoms with Gasteiger partial charge in [-0.3, -0.25) is 10.1 Å². The van der Waals surface area contributed by atoms with E-state index in [9.17, 15) is 19.3 Å². The molecule has 1 aromatic rings. The summed E-state index contributed by atoms with van der Waals surface area (Å²) < 4.78 is 19.2. The topological polar surface area (TPSA) is 102 Å². The molecule has 1 aliphatic rings. The van der Waals surface area contributed by atoms with Crippen molar-refractivity contribution in [1.29, 1.82) is 0 Å². The number of ether oxygens (including phenoxy) is 1. The molecule has 2 atom stereocenters. The zero-order valence-corrected chi connectivity index (χ0v) is 11.3. The van der Waals surface area contributed by atoms with Crippen LogP contribution in [0.2, 0.25) is 0 Å². The van der Waals surface area contributed by atoms with Gasteiger partial charge in [0.2, 0.25) is 0 Å². The van der Waals surface area contributed by atoms with Crippen LogP contribution < -0.4 is 5.32 Å². The molecule has 0 amide bonds. The van der Waals surface area contributed by atoms with Gasteiger partial charge in [-0.05, 0) is 25.3 Å². The lowest BCUT2D eigenvalue weighted by molar-refractivity contribution is -0.385. The van der Waals surface area contributed by atoms with Gasteiger partial charge in [0.15, 0.2) is 5.82 Å². The minimum absolute atomic E-state index is 0.0630. The van der Waals surface area contributed by atoms with Crippen molar-refractivity contribution >= 4 is 17.3 Å². The number of benzene rings is 1. The normalized spacial score (nSPS) is 21.2. The van der Waals surface area contributed by atoms with Gasteiger partial charge in [-0.2, -0.15) is 0 Å². The number of hydrogen-bond donors (Lipinski definition) is 2. The predicted molar refractivity (Wildman–Crippen MR) is 72.1 cm³/mol. The molecule has 0 aliphatic heterocycles. The van der Waals surface area contributed by atoms with Crippen LogP contribution in [-0.4, -0.2) is 35.3 Å². The average molecular weight is 298 g/mol. The Morgan fingerprint density at radius 1 is 1.52 bits per heavy atom. The Kier molecular flexibility index (Phi) is 4.37. The van der Waals surface area contributed by atoms with E-state index in [4.69, 9.17) is 9.84 Å². The van der Waals surface area contributed by atoms with Crippen LogP contribution in [0.3, 0.4) is 0 Å². The minimum atomic E-state index is -1.47. The van der Waals surface area contributed by atoms with Crippen LogP contribution in [0.1, 0.15) is 29.6 Å². The Morgan fingerprint density at radius 3 is 2.81 bits per heavy atom. The Morgan fingerprint density at radius 2 is 2.24 bits per heavy atom. The van der Waals surface area contributed by atoms with Crippen molar-refractivity contribution in [3.8, 4) is 0 Å². The molecule has 2 rings (SSSR count). The third kappa shape index (κ3) is 3.10. The molecule has 2 unspecified atom stereocenters. The monoisotopic (exact) mass is 298 g/mol. The fourth-order valence-corrected chi connectivity index (χ4v) is 2.57. The maximum absolute atomic E-state index is 13.9. The number of nitrogens with one attached hydrogen (secondary N) is 1. The molecular formula is C13H15FN2O5. The molecule has 0 spiro atoms. The van der Waals surface area contributed by atoms with Crippen LogP contribution in [0, 0.1) is 15.9 Å². The molecule has 21 heavy (non-hydrogen) atoms. The van der Waals surface area contributed by atoms with Crippen LogP contribution >= 0.6 is 0 Å². The molecule has 0 saturated heterocycles. The highest BCUT2D eigenvalue weighted by Gasteiger charge is 2.29. The Labute approximate surface area is 119 Å². The van der Waals surface area contributed by atoms with Crippen LogP contribution in [0.25, 0.3) is 0 Å². The van der Waals surface area contributed by atoms with E-state index in [1.807, 2.05) is 0 Å². The molecular weight excluding hydrogens is 283 g/mol. The van der Waals surface area contributed by atoms with Gasteiger partial charge in [0, 0.05) is 7.11 Å². The molecule has 1 fully saturated rings. The van der Waals surface area contributed by atoms with Gasteiger partial charge >= 0.3 is 5.97 Å². The summed E-state index contributed by atoms with van der Waals surface area (Å²) in [5, 5.41) is 22.7. The molecule has 8 heteroatoms. The fourth-order valence-electron chi connectivity index (χ4n) is 2.57. The molecule has 0 bridgehead atoms. The van der Waals surface area contributed by atoms with Crippen LogP contribution in [0.5, 0.6) is 0 Å². The summed E-state index contributed by atoms with van der Waals surface area (Å²) in [6.07, 6.45) is 2.41. The summed E-state index contributed by atoms with van der Waals surface area (Å²) in [4.78, 5) is 20.9. The highest BCUT2D eigenvalue weighted by molar-refractivity contribution is 5.93. The summed E-state index contributed by atoms with van der Waals surface area (Å²) in [6, 6.07) is 1.44. The van der Waals surface area contributed by atoms with Crippen molar-refractivity contribution in [1.82, 2.24) is 0 Å². The zero-order valence-electron chi connectivity index (χ0n) is 11.3. The second-order valence-corrected chi connectivity index (χ2v) is 4.87. The maximum atomic E-state index is 13.9. The van der Waals surface area contributed by atoms with Gasteiger partial charge in [0.1, 0.15) is 5.56 Å². The summed E-state index contributed by atoms with van der Waals surface area (Å²) in [5.41, 5.74) is -1.37. The SMILES string of the molecule is COC1CCCC1Nc1cc(C(=O)O)c([N+](=O)[O-])cc1F. The quantitative estimate of drug-likeness (QED) is 0.639. The maximum Gasteiger partial charge on any atom is 0.342 e. The summed E-state index contributed by atoms with van der Waals surface area (Å²) in [6.45, 7) is 0. The van der Waals surface area contributed by atoms with Crippen molar-refractivity contribution in [2.75, 3.05) is 12.4 Å². The number of rotatable bonds is 5. The highest BCUT2D eigenvalue weighted by Crippen LogP contribution is 2.30. The van der Waals surface area contributed by atoms with Crippen molar-refractivity contribution < 1.29 is 24.0 Å². The molecule has 7 nitrogen and oxygen atoms in total. The first-order valence-electron chi connectivity index (χ1n) is 6.44. The van der Waals surface area contributed by atoms with Gasteiger partial charge in [-0.15, -0.1) is 0 Å². The molecule has 2 N–H and O–H groups in total. The summed E-state index contributed by atoms with van der Waals surface area (Å²) >= 11 is 0. The second kappa shape index (κ2) is 6.04. The fraction of sp³-hybridized carbons (Fsp3) is 0.462. The first-order chi connectivity index (χ1) is 9.93. The minimum Gasteiger partial charge on any atom is -0.477 e. The van der Waals surface area contributed by atoms with E-state index in [2.05, 4.69) is 5.32 Å². The van der Waals surface area contributed by atoms with Gasteiger partial charge in [0.25, 0.3) is 5.69 Å². The number of carbonyl (C=O) groups is 1. The van der Waals surface area contributed by atoms with E-state index in [0.717, 1.165) is 25.3 Å². The number of nitro benzene ring substituents is 1. The number of carboxylic acid groups (broad SMARTS) is 1. The van der Waals surface area contributed by atoms with E-state index in [-0.39, 0.29) is 17.8 Å². The molecule has 0 heterocycles. The van der Waals surface area contributed by atoms with E-state index in [0.29, 0.717) is 6.07 Å². The van der Waals surface area contributed by atoms with Crippen LogP contribution in [0.15, 0.2) is 12.1 Å². The van der Waals surface area contributed by atoms with E-state index in [1.54, 1.807) is 7.11 Å². The van der Waals surface area contributed by atoms with Crippen molar-refractivity contribution in [2.24, 2.45) is 0 Å². The molecule has 0 aromatic heterocycles. The van der Waals surface area contributed by atoms with Gasteiger partial charge in [0.05, 0.1) is 28.8 Å². The number of methoxy groups -OCH3 is 1. The smallest absolute Gasteiger partial charge is 0.342 e. The number of aromatic carboxylic acids is 1. The first kappa shape index (κ1) is 15.2. The number of nitro groups is 1. The lowest BCUT2D eigenvalue weighted by Crippen LogP contribution is -2.30. The van der Waals surface area contributed by atoms with Gasteiger partial charge < -0.3 is 15.2 Å². The van der Waals surface area contributed by atoms with E-state index >= 15 is 0 Å². The number of anilines is 1. The summed E-state index contributed by atoms with van der Waals surface area (Å²) in [7, 11) is 1.56. The molecule has 1 aliphatic carbocycles. The Hall–Kier alpha value is -2.22. The number of halogens is 1. The van der Waals surface area contributed by atoms with Crippen molar-refractivity contribution in [3.05, 3.63) is 33.6 Å². The number of carboxylic acids is 1. The lowest BCUT2D eigenvalue weighted by atomic mass is 10.1. The van der Waals surface area contributed by atoms with Crippen LogP contribution in [0.4, 0.5) is 15.8 Å². The third-order valence-electron chi connectivity index (χ3n) is 3.61. The summed E-state index contributed by atoms with van der Waals surface area (Å²) in [5.74, 6) is -2.33. The largest absolute Gasteiger partial charge is 0.477 e. The second-order valence-electron chi connectivity index (χ2n) is 4.87. The highest BCUT2D eigenvalue weighted by atomic mass is 19.1. The Balaban J connectivity index is 2.34. The average Bonchev–Trinajstić information content (AvgIpc) is 2.87. The first-order valence-corrected chi connectivity index (χ1v) is 6.44. The van der Waals surface area contributed by atoms with Crippen molar-refractivity contribution in [2.45, 2.75) is 31.4 Å². The number of nitrogens with zero attached hydrogens (tertiary/aromatic N) is 1. The zero-order chi connectivity index (χ0) is 15.6. The molecule has 0 radical (unpaired) electrons. The lowest BCUT2D eigenvalue weighted by Gasteiger charge is -2.21. The molecule has 1 aromatic carbocycles. The van der Waals surface area contributed by atoms with Crippen LogP contribution in [-0.2, 0) is 4.74 Å². The van der Waals surface area contributed by atoms with Gasteiger partial charge in [-0.1, -0.05) is 0 Å². The Bertz CT molecular complexity index is 578. The molecule has 114 valence electrons. The van der Waals surface area contributed by atoms with Gasteiger partial charge in [-0.25, -0.2) is 9.18 Å². The predicted octanol–water partition coefficient (Wildman–Crippen LogP) is 2.41. The van der Waals surface area contributed by atoms with E-state index < -0.39 is 28.0 Å².